The van der Waals surface area contributed by atoms with Crippen LogP contribution >= 0.6 is 0 Å². The molecule has 0 saturated heterocycles. The van der Waals surface area contributed by atoms with E-state index >= 15 is 0 Å². The van der Waals surface area contributed by atoms with Crippen LogP contribution in [0.15, 0.2) is 42.5 Å². The highest BCUT2D eigenvalue weighted by molar-refractivity contribution is 5.77. The summed E-state index contributed by atoms with van der Waals surface area (Å²) < 4.78 is 16.5. The molecule has 0 amide bonds. The monoisotopic (exact) mass is 284 g/mol. The van der Waals surface area contributed by atoms with Crippen molar-refractivity contribution < 1.29 is 19.0 Å². The summed E-state index contributed by atoms with van der Waals surface area (Å²) in [5, 5.41) is 0. The average Bonchev–Trinajstić information content (AvgIpc) is 2.71. The Hall–Kier alpha value is -2.49. The molecule has 108 valence electrons. The van der Waals surface area contributed by atoms with Crippen molar-refractivity contribution in [3.63, 3.8) is 0 Å². The van der Waals surface area contributed by atoms with Gasteiger partial charge in [0.25, 0.3) is 0 Å². The Morgan fingerprint density at radius 1 is 1.14 bits per heavy atom. The number of esters is 1. The second kappa shape index (κ2) is 5.48. The summed E-state index contributed by atoms with van der Waals surface area (Å²) in [7, 11) is 1.39. The minimum atomic E-state index is -0.338. The first-order valence-electron chi connectivity index (χ1n) is 6.79. The van der Waals surface area contributed by atoms with Crippen LogP contribution in [0.1, 0.15) is 24.0 Å². The summed E-state index contributed by atoms with van der Waals surface area (Å²) in [6.07, 6.45) is 0. The fourth-order valence-corrected chi connectivity index (χ4v) is 2.30. The lowest BCUT2D eigenvalue weighted by Crippen LogP contribution is -2.10. The van der Waals surface area contributed by atoms with Crippen LogP contribution in [-0.4, -0.2) is 13.1 Å². The predicted octanol–water partition coefficient (Wildman–Crippen LogP) is 3.65. The summed E-state index contributed by atoms with van der Waals surface area (Å²) in [4.78, 5) is 11.6. The smallest absolute Gasteiger partial charge is 0.312 e. The lowest BCUT2D eigenvalue weighted by atomic mass is 10.0. The SMILES string of the molecule is COC(=O)[C@@H](C)c1ccc2c(c1)OCc1ccccc1O2. The van der Waals surface area contributed by atoms with Gasteiger partial charge in [0.15, 0.2) is 11.5 Å². The van der Waals surface area contributed by atoms with Gasteiger partial charge >= 0.3 is 5.97 Å². The highest BCUT2D eigenvalue weighted by Gasteiger charge is 2.20. The first-order chi connectivity index (χ1) is 10.2. The normalized spacial score (nSPS) is 13.8. The van der Waals surface area contributed by atoms with E-state index in [0.29, 0.717) is 18.1 Å². The summed E-state index contributed by atoms with van der Waals surface area (Å²) in [6.45, 7) is 2.25. The molecule has 1 aliphatic heterocycles. The van der Waals surface area contributed by atoms with Gasteiger partial charge in [-0.3, -0.25) is 4.79 Å². The van der Waals surface area contributed by atoms with Crippen molar-refractivity contribution in [2.24, 2.45) is 0 Å². The van der Waals surface area contributed by atoms with Crippen LogP contribution in [0.5, 0.6) is 17.2 Å². The maximum Gasteiger partial charge on any atom is 0.312 e. The number of rotatable bonds is 2. The van der Waals surface area contributed by atoms with E-state index in [1.807, 2.05) is 42.5 Å². The maximum atomic E-state index is 11.6. The van der Waals surface area contributed by atoms with Crippen LogP contribution in [0.2, 0.25) is 0 Å². The molecule has 0 N–H and O–H groups in total. The van der Waals surface area contributed by atoms with E-state index in [1.165, 1.54) is 7.11 Å². The summed E-state index contributed by atoms with van der Waals surface area (Å²) >= 11 is 0. The average molecular weight is 284 g/mol. The molecule has 1 aliphatic rings. The molecule has 1 atom stereocenters. The highest BCUT2D eigenvalue weighted by Crippen LogP contribution is 2.39. The third-order valence-corrected chi connectivity index (χ3v) is 3.60. The molecule has 0 unspecified atom stereocenters. The molecule has 0 aromatic heterocycles. The number of hydrogen-bond donors (Lipinski definition) is 0. The largest absolute Gasteiger partial charge is 0.485 e. The number of carbonyl (C=O) groups excluding carboxylic acids is 1. The number of benzene rings is 2. The van der Waals surface area contributed by atoms with Gasteiger partial charge in [-0.05, 0) is 30.7 Å². The van der Waals surface area contributed by atoms with E-state index in [1.54, 1.807) is 6.92 Å². The van der Waals surface area contributed by atoms with Crippen molar-refractivity contribution >= 4 is 5.97 Å². The minimum Gasteiger partial charge on any atom is -0.485 e. The van der Waals surface area contributed by atoms with Crippen LogP contribution in [0, 0.1) is 0 Å². The van der Waals surface area contributed by atoms with Gasteiger partial charge in [-0.2, -0.15) is 0 Å². The Bertz CT molecular complexity index is 678. The number of hydrogen-bond acceptors (Lipinski definition) is 4. The van der Waals surface area contributed by atoms with E-state index in [9.17, 15) is 4.79 Å². The Kier molecular flexibility index (Phi) is 3.52. The molecule has 1 heterocycles. The molecule has 0 fully saturated rings. The zero-order chi connectivity index (χ0) is 14.8. The molecule has 4 heteroatoms. The molecule has 3 rings (SSSR count). The van der Waals surface area contributed by atoms with Crippen LogP contribution in [0.4, 0.5) is 0 Å². The quantitative estimate of drug-likeness (QED) is 0.790. The van der Waals surface area contributed by atoms with Crippen LogP contribution in [-0.2, 0) is 16.1 Å². The topological polar surface area (TPSA) is 44.8 Å². The molecule has 0 spiro atoms. The van der Waals surface area contributed by atoms with E-state index in [0.717, 1.165) is 16.9 Å². The van der Waals surface area contributed by atoms with Crippen molar-refractivity contribution in [3.05, 3.63) is 53.6 Å². The lowest BCUT2D eigenvalue weighted by molar-refractivity contribution is -0.141. The maximum absolute atomic E-state index is 11.6. The molecular weight excluding hydrogens is 268 g/mol. The fourth-order valence-electron chi connectivity index (χ4n) is 2.30. The van der Waals surface area contributed by atoms with E-state index < -0.39 is 0 Å². The van der Waals surface area contributed by atoms with Crippen molar-refractivity contribution in [3.8, 4) is 17.2 Å². The fraction of sp³-hybridized carbons (Fsp3) is 0.235. The Morgan fingerprint density at radius 2 is 1.95 bits per heavy atom. The first-order valence-corrected chi connectivity index (χ1v) is 6.79. The molecule has 0 bridgehead atoms. The first kappa shape index (κ1) is 13.5. The van der Waals surface area contributed by atoms with Gasteiger partial charge < -0.3 is 14.2 Å². The second-order valence-electron chi connectivity index (χ2n) is 4.95. The Morgan fingerprint density at radius 3 is 2.76 bits per heavy atom. The molecule has 2 aromatic carbocycles. The molecule has 0 radical (unpaired) electrons. The van der Waals surface area contributed by atoms with Crippen LogP contribution < -0.4 is 9.47 Å². The number of ether oxygens (including phenoxy) is 3. The van der Waals surface area contributed by atoms with E-state index in [-0.39, 0.29) is 11.9 Å². The van der Waals surface area contributed by atoms with Gasteiger partial charge in [-0.1, -0.05) is 24.3 Å². The lowest BCUT2D eigenvalue weighted by Gasteiger charge is -2.13. The zero-order valence-corrected chi connectivity index (χ0v) is 12.0. The second-order valence-corrected chi connectivity index (χ2v) is 4.95. The van der Waals surface area contributed by atoms with Gasteiger partial charge in [0, 0.05) is 5.56 Å². The zero-order valence-electron chi connectivity index (χ0n) is 12.0. The van der Waals surface area contributed by atoms with Crippen LogP contribution in [0.3, 0.4) is 0 Å². The number of methoxy groups -OCH3 is 1. The van der Waals surface area contributed by atoms with Crippen molar-refractivity contribution in [1.82, 2.24) is 0 Å². The van der Waals surface area contributed by atoms with Gasteiger partial charge in [0.05, 0.1) is 13.0 Å². The molecule has 0 saturated carbocycles. The van der Waals surface area contributed by atoms with Crippen molar-refractivity contribution in [2.45, 2.75) is 19.4 Å². The van der Waals surface area contributed by atoms with Gasteiger partial charge in [0.2, 0.25) is 0 Å². The number of fused-ring (bicyclic) bond motifs is 2. The van der Waals surface area contributed by atoms with Crippen molar-refractivity contribution in [2.75, 3.05) is 7.11 Å². The summed E-state index contributed by atoms with van der Waals surface area (Å²) in [6, 6.07) is 13.3. The number of para-hydroxylation sites is 1. The molecular formula is C17H16O4. The van der Waals surface area contributed by atoms with E-state index in [2.05, 4.69) is 0 Å². The predicted molar refractivity (Wildman–Crippen MR) is 77.7 cm³/mol. The summed E-state index contributed by atoms with van der Waals surface area (Å²) in [5.74, 6) is 1.48. The number of carbonyl (C=O) groups is 1. The van der Waals surface area contributed by atoms with Gasteiger partial charge in [-0.15, -0.1) is 0 Å². The summed E-state index contributed by atoms with van der Waals surface area (Å²) in [5.41, 5.74) is 1.84. The van der Waals surface area contributed by atoms with Crippen LogP contribution in [0.25, 0.3) is 0 Å². The third kappa shape index (κ3) is 2.57. The molecule has 21 heavy (non-hydrogen) atoms. The van der Waals surface area contributed by atoms with Gasteiger partial charge in [0.1, 0.15) is 12.4 Å². The minimum absolute atomic E-state index is 0.271. The van der Waals surface area contributed by atoms with Gasteiger partial charge in [-0.25, -0.2) is 0 Å². The third-order valence-electron chi connectivity index (χ3n) is 3.60. The molecule has 2 aromatic rings. The van der Waals surface area contributed by atoms with Crippen molar-refractivity contribution in [1.29, 1.82) is 0 Å². The van der Waals surface area contributed by atoms with E-state index in [4.69, 9.17) is 14.2 Å². The highest BCUT2D eigenvalue weighted by atomic mass is 16.5. The standard InChI is InChI=1S/C17H16O4/c1-11(17(18)19-2)12-7-8-15-16(9-12)20-10-13-5-3-4-6-14(13)21-15/h3-9,11H,10H2,1-2H3/t11-/m0/s1. The Balaban J connectivity index is 1.93. The Labute approximate surface area is 123 Å². The molecule has 4 nitrogen and oxygen atoms in total. The molecule has 0 aliphatic carbocycles.